The maximum absolute atomic E-state index is 12.4. The number of hydrogen-bond donors (Lipinski definition) is 1. The summed E-state index contributed by atoms with van der Waals surface area (Å²) < 4.78 is 11.0. The first-order valence-electron chi connectivity index (χ1n) is 8.55. The van der Waals surface area contributed by atoms with Crippen LogP contribution in [-0.4, -0.2) is 18.0 Å². The molecule has 1 aromatic heterocycles. The zero-order valence-corrected chi connectivity index (χ0v) is 15.0. The van der Waals surface area contributed by atoms with E-state index in [0.29, 0.717) is 28.2 Å². The van der Waals surface area contributed by atoms with Gasteiger partial charge in [0.25, 0.3) is 5.91 Å². The lowest BCUT2D eigenvalue weighted by Crippen LogP contribution is -2.11. The Morgan fingerprint density at radius 3 is 2.44 bits per heavy atom. The Balaban J connectivity index is 1.58. The smallest absolute Gasteiger partial charge is 0.255 e. The molecule has 27 heavy (non-hydrogen) atoms. The summed E-state index contributed by atoms with van der Waals surface area (Å²) in [5, 5.41) is 2.90. The predicted molar refractivity (Wildman–Crippen MR) is 105 cm³/mol. The topological polar surface area (TPSA) is 64.4 Å². The monoisotopic (exact) mass is 358 g/mol. The van der Waals surface area contributed by atoms with Crippen LogP contribution in [0.3, 0.4) is 0 Å². The number of methoxy groups -OCH3 is 1. The summed E-state index contributed by atoms with van der Waals surface area (Å²) in [6.07, 6.45) is 0. The van der Waals surface area contributed by atoms with Gasteiger partial charge in [-0.1, -0.05) is 17.7 Å². The van der Waals surface area contributed by atoms with E-state index in [1.54, 1.807) is 37.4 Å². The molecule has 0 unspecified atom stereocenters. The number of amides is 1. The van der Waals surface area contributed by atoms with Crippen molar-refractivity contribution in [1.82, 2.24) is 4.98 Å². The summed E-state index contributed by atoms with van der Waals surface area (Å²) in [5.74, 6) is 1.14. The fourth-order valence-electron chi connectivity index (χ4n) is 2.77. The fraction of sp³-hybridized carbons (Fsp3) is 0.0909. The highest BCUT2D eigenvalue weighted by molar-refractivity contribution is 6.05. The number of hydrogen-bond acceptors (Lipinski definition) is 4. The van der Waals surface area contributed by atoms with Crippen LogP contribution in [0, 0.1) is 6.92 Å². The van der Waals surface area contributed by atoms with E-state index in [2.05, 4.69) is 10.3 Å². The molecule has 0 radical (unpaired) electrons. The molecule has 1 amide bonds. The van der Waals surface area contributed by atoms with Crippen molar-refractivity contribution in [2.75, 3.05) is 12.4 Å². The first-order chi connectivity index (χ1) is 13.1. The van der Waals surface area contributed by atoms with E-state index in [1.165, 1.54) is 0 Å². The van der Waals surface area contributed by atoms with Crippen LogP contribution in [0.4, 0.5) is 5.69 Å². The van der Waals surface area contributed by atoms with Crippen molar-refractivity contribution in [3.63, 3.8) is 0 Å². The largest absolute Gasteiger partial charge is 0.497 e. The number of nitrogens with zero attached hydrogens (tertiary/aromatic N) is 1. The van der Waals surface area contributed by atoms with Crippen molar-refractivity contribution in [2.24, 2.45) is 0 Å². The van der Waals surface area contributed by atoms with Crippen LogP contribution in [0.2, 0.25) is 0 Å². The molecule has 4 rings (SSSR count). The van der Waals surface area contributed by atoms with Crippen LogP contribution in [0.1, 0.15) is 15.9 Å². The van der Waals surface area contributed by atoms with Gasteiger partial charge in [-0.2, -0.15) is 0 Å². The third-order valence-electron chi connectivity index (χ3n) is 4.30. The summed E-state index contributed by atoms with van der Waals surface area (Å²) in [6.45, 7) is 1.99. The number of nitrogens with one attached hydrogen (secondary N) is 1. The van der Waals surface area contributed by atoms with E-state index in [-0.39, 0.29) is 5.91 Å². The number of aromatic nitrogens is 1. The molecular formula is C22H18N2O3. The standard InChI is InChI=1S/C22H18N2O3/c1-14-3-5-15(6-4-14)21(25)23-17-9-12-20-19(13-17)24-22(27-20)16-7-10-18(26-2)11-8-16/h3-13H,1-2H3,(H,23,25). The minimum absolute atomic E-state index is 0.159. The van der Waals surface area contributed by atoms with Crippen molar-refractivity contribution < 1.29 is 13.9 Å². The van der Waals surface area contributed by atoms with Crippen LogP contribution < -0.4 is 10.1 Å². The van der Waals surface area contributed by atoms with Gasteiger partial charge < -0.3 is 14.5 Å². The lowest BCUT2D eigenvalue weighted by atomic mass is 10.1. The van der Waals surface area contributed by atoms with Crippen molar-refractivity contribution >= 4 is 22.7 Å². The Labute approximate surface area is 156 Å². The minimum Gasteiger partial charge on any atom is -0.497 e. The van der Waals surface area contributed by atoms with Crippen molar-refractivity contribution in [2.45, 2.75) is 6.92 Å². The maximum atomic E-state index is 12.4. The molecule has 5 nitrogen and oxygen atoms in total. The Morgan fingerprint density at radius 2 is 1.74 bits per heavy atom. The van der Waals surface area contributed by atoms with Gasteiger partial charge in [0.1, 0.15) is 11.3 Å². The predicted octanol–water partition coefficient (Wildman–Crippen LogP) is 5.06. The lowest BCUT2D eigenvalue weighted by molar-refractivity contribution is 0.102. The number of carbonyl (C=O) groups is 1. The second kappa shape index (κ2) is 6.96. The van der Waals surface area contributed by atoms with E-state index in [1.807, 2.05) is 43.3 Å². The number of benzene rings is 3. The van der Waals surface area contributed by atoms with Gasteiger partial charge in [-0.05, 0) is 61.5 Å². The molecule has 0 spiro atoms. The number of carbonyl (C=O) groups excluding carboxylic acids is 1. The summed E-state index contributed by atoms with van der Waals surface area (Å²) in [5.41, 5.74) is 4.60. The van der Waals surface area contributed by atoms with Crippen molar-refractivity contribution in [3.05, 3.63) is 77.9 Å². The van der Waals surface area contributed by atoms with E-state index >= 15 is 0 Å². The maximum Gasteiger partial charge on any atom is 0.255 e. The Bertz CT molecular complexity index is 1100. The third-order valence-corrected chi connectivity index (χ3v) is 4.30. The molecule has 4 aromatic rings. The number of fused-ring (bicyclic) bond motifs is 1. The molecule has 0 aliphatic rings. The summed E-state index contributed by atoms with van der Waals surface area (Å²) in [6, 6.07) is 20.4. The minimum atomic E-state index is -0.159. The second-order valence-electron chi connectivity index (χ2n) is 6.25. The molecule has 1 N–H and O–H groups in total. The Morgan fingerprint density at radius 1 is 1.00 bits per heavy atom. The van der Waals surface area contributed by atoms with Gasteiger partial charge >= 0.3 is 0 Å². The average Bonchev–Trinajstić information content (AvgIpc) is 3.12. The highest BCUT2D eigenvalue weighted by Crippen LogP contribution is 2.27. The molecule has 0 saturated carbocycles. The van der Waals surface area contributed by atoms with Crippen LogP contribution >= 0.6 is 0 Å². The summed E-state index contributed by atoms with van der Waals surface area (Å²) in [7, 11) is 1.63. The first kappa shape index (κ1) is 16.8. The quantitative estimate of drug-likeness (QED) is 0.553. The normalized spacial score (nSPS) is 10.7. The Hall–Kier alpha value is -3.60. The highest BCUT2D eigenvalue weighted by Gasteiger charge is 2.11. The van der Waals surface area contributed by atoms with Gasteiger partial charge in [0.2, 0.25) is 5.89 Å². The molecule has 1 heterocycles. The third kappa shape index (κ3) is 3.53. The van der Waals surface area contributed by atoms with E-state index in [0.717, 1.165) is 16.9 Å². The average molecular weight is 358 g/mol. The van der Waals surface area contributed by atoms with Crippen LogP contribution in [0.5, 0.6) is 5.75 Å². The van der Waals surface area contributed by atoms with Gasteiger partial charge in [0.05, 0.1) is 7.11 Å². The van der Waals surface area contributed by atoms with Crippen molar-refractivity contribution in [1.29, 1.82) is 0 Å². The SMILES string of the molecule is COc1ccc(-c2nc3cc(NC(=O)c4ccc(C)cc4)ccc3o2)cc1. The second-order valence-corrected chi connectivity index (χ2v) is 6.25. The van der Waals surface area contributed by atoms with E-state index in [4.69, 9.17) is 9.15 Å². The van der Waals surface area contributed by atoms with Gasteiger partial charge in [0, 0.05) is 16.8 Å². The molecule has 5 heteroatoms. The number of oxazole rings is 1. The van der Waals surface area contributed by atoms with Crippen molar-refractivity contribution in [3.8, 4) is 17.2 Å². The number of ether oxygens (including phenoxy) is 1. The van der Waals surface area contributed by atoms with Crippen LogP contribution in [0.25, 0.3) is 22.6 Å². The number of rotatable bonds is 4. The van der Waals surface area contributed by atoms with Crippen LogP contribution in [-0.2, 0) is 0 Å². The van der Waals surface area contributed by atoms with Gasteiger partial charge in [0.15, 0.2) is 5.58 Å². The van der Waals surface area contributed by atoms with Crippen LogP contribution in [0.15, 0.2) is 71.1 Å². The van der Waals surface area contributed by atoms with Gasteiger partial charge in [-0.3, -0.25) is 4.79 Å². The Kier molecular flexibility index (Phi) is 4.34. The van der Waals surface area contributed by atoms with Gasteiger partial charge in [-0.25, -0.2) is 4.98 Å². The molecule has 0 saturated heterocycles. The molecule has 0 atom stereocenters. The molecule has 0 aliphatic heterocycles. The number of anilines is 1. The fourth-order valence-corrected chi connectivity index (χ4v) is 2.77. The molecule has 0 fully saturated rings. The number of aryl methyl sites for hydroxylation is 1. The van der Waals surface area contributed by atoms with Gasteiger partial charge in [-0.15, -0.1) is 0 Å². The summed E-state index contributed by atoms with van der Waals surface area (Å²) in [4.78, 5) is 16.9. The molecule has 0 bridgehead atoms. The zero-order valence-electron chi connectivity index (χ0n) is 15.0. The summed E-state index contributed by atoms with van der Waals surface area (Å²) >= 11 is 0. The van der Waals surface area contributed by atoms with E-state index < -0.39 is 0 Å². The molecule has 0 aliphatic carbocycles. The van der Waals surface area contributed by atoms with E-state index in [9.17, 15) is 4.79 Å². The lowest BCUT2D eigenvalue weighted by Gasteiger charge is -2.05. The highest BCUT2D eigenvalue weighted by atomic mass is 16.5. The zero-order chi connectivity index (χ0) is 18.8. The molecule has 134 valence electrons. The first-order valence-corrected chi connectivity index (χ1v) is 8.55. The molecular weight excluding hydrogens is 340 g/mol. The molecule has 3 aromatic carbocycles.